The lowest BCUT2D eigenvalue weighted by Gasteiger charge is -2.49. The molecule has 2 atom stereocenters. The van der Waals surface area contributed by atoms with Crippen molar-refractivity contribution in [3.63, 3.8) is 0 Å². The molecule has 0 aromatic heterocycles. The second-order valence-corrected chi connectivity index (χ2v) is 10.3. The lowest BCUT2D eigenvalue weighted by Crippen LogP contribution is -2.46. The van der Waals surface area contributed by atoms with Gasteiger partial charge in [0.05, 0.1) is 0 Å². The first-order chi connectivity index (χ1) is 10.7. The van der Waals surface area contributed by atoms with E-state index < -0.39 is 9.28 Å². The molecule has 0 saturated heterocycles. The zero-order valence-electron chi connectivity index (χ0n) is 15.2. The zero-order chi connectivity index (χ0) is 15.8. The molecule has 2 rings (SSSR count). The van der Waals surface area contributed by atoms with Crippen molar-refractivity contribution in [2.45, 2.75) is 96.4 Å². The van der Waals surface area contributed by atoms with Crippen LogP contribution in [0.15, 0.2) is 0 Å². The van der Waals surface area contributed by atoms with Gasteiger partial charge in [0.1, 0.15) is 0 Å². The van der Waals surface area contributed by atoms with E-state index in [-0.39, 0.29) is 0 Å². The van der Waals surface area contributed by atoms with Gasteiger partial charge >= 0.3 is 9.28 Å². The monoisotopic (exact) mass is 326 g/mol. The van der Waals surface area contributed by atoms with Crippen molar-refractivity contribution in [2.24, 2.45) is 11.8 Å². The minimum absolute atomic E-state index is 0.442. The first kappa shape index (κ1) is 18.5. The van der Waals surface area contributed by atoms with E-state index in [1.807, 2.05) is 0 Å². The van der Waals surface area contributed by atoms with Crippen molar-refractivity contribution in [1.82, 2.24) is 0 Å². The van der Waals surface area contributed by atoms with Crippen molar-refractivity contribution in [1.29, 1.82) is 0 Å². The minimum Gasteiger partial charge on any atom is -0.396 e. The van der Waals surface area contributed by atoms with Crippen LogP contribution in [0.1, 0.15) is 91.4 Å². The maximum Gasteiger partial charge on any atom is 0.328 e. The Kier molecular flexibility index (Phi) is 7.92. The maximum absolute atomic E-state index is 6.44. The third kappa shape index (κ3) is 4.58. The van der Waals surface area contributed by atoms with E-state index in [0.717, 1.165) is 37.9 Å². The second kappa shape index (κ2) is 9.44. The highest BCUT2D eigenvalue weighted by molar-refractivity contribution is 6.48. The summed E-state index contributed by atoms with van der Waals surface area (Å²) in [5.41, 5.74) is 0. The van der Waals surface area contributed by atoms with Crippen LogP contribution in [0.2, 0.25) is 5.04 Å². The highest BCUT2D eigenvalue weighted by Crippen LogP contribution is 2.57. The average molecular weight is 327 g/mol. The molecule has 2 unspecified atom stereocenters. The van der Waals surface area contributed by atoms with Gasteiger partial charge in [-0.15, -0.1) is 0 Å². The summed E-state index contributed by atoms with van der Waals surface area (Å²) in [6.07, 6.45) is 15.0. The quantitative estimate of drug-likeness (QED) is 0.541. The molecular formula is C19H38O2Si. The summed E-state index contributed by atoms with van der Waals surface area (Å²) < 4.78 is 12.9. The fraction of sp³-hybridized carbons (Fsp3) is 1.00. The molecule has 0 bridgehead atoms. The third-order valence-corrected chi connectivity index (χ3v) is 9.01. The Morgan fingerprint density at radius 3 is 2.09 bits per heavy atom. The zero-order valence-corrected chi connectivity index (χ0v) is 16.4. The molecule has 2 aliphatic carbocycles. The van der Waals surface area contributed by atoms with Gasteiger partial charge in [-0.25, -0.2) is 0 Å². The number of rotatable bonds is 8. The highest BCUT2D eigenvalue weighted by Gasteiger charge is 2.49. The Morgan fingerprint density at radius 1 is 0.909 bits per heavy atom. The van der Waals surface area contributed by atoms with Crippen LogP contribution in [0.4, 0.5) is 0 Å². The summed E-state index contributed by atoms with van der Waals surface area (Å²) in [7, 11) is -1.59. The van der Waals surface area contributed by atoms with E-state index in [2.05, 4.69) is 20.8 Å². The molecule has 2 fully saturated rings. The van der Waals surface area contributed by atoms with E-state index >= 15 is 0 Å². The molecule has 0 aliphatic heterocycles. The molecule has 0 spiro atoms. The third-order valence-electron chi connectivity index (χ3n) is 5.95. The van der Waals surface area contributed by atoms with E-state index in [4.69, 9.17) is 8.85 Å². The summed E-state index contributed by atoms with van der Waals surface area (Å²) in [6, 6.07) is 0. The predicted octanol–water partition coefficient (Wildman–Crippen LogP) is 5.59. The van der Waals surface area contributed by atoms with Crippen LogP contribution in [0.5, 0.6) is 0 Å². The van der Waals surface area contributed by atoms with E-state index in [9.17, 15) is 0 Å². The van der Waals surface area contributed by atoms with Gasteiger partial charge in [-0.3, -0.25) is 0 Å². The summed E-state index contributed by atoms with van der Waals surface area (Å²) in [4.78, 5) is 0. The molecule has 2 nitrogen and oxygen atoms in total. The molecule has 3 heteroatoms. The summed E-state index contributed by atoms with van der Waals surface area (Å²) >= 11 is 0. The molecule has 2 saturated carbocycles. The SMILES string of the molecule is CCCO[SiH](OCCC)C1(C2CCCC(C)C2)CCCCC1. The molecule has 130 valence electrons. The van der Waals surface area contributed by atoms with Gasteiger partial charge in [-0.05, 0) is 43.9 Å². The first-order valence-corrected chi connectivity index (χ1v) is 11.5. The molecule has 0 amide bonds. The van der Waals surface area contributed by atoms with Crippen LogP contribution in [0.3, 0.4) is 0 Å². The summed E-state index contributed by atoms with van der Waals surface area (Å²) in [6.45, 7) is 8.72. The van der Waals surface area contributed by atoms with Gasteiger partial charge in [0.15, 0.2) is 0 Å². The Morgan fingerprint density at radius 2 is 1.55 bits per heavy atom. The van der Waals surface area contributed by atoms with Crippen molar-refractivity contribution in [3.05, 3.63) is 0 Å². The molecule has 22 heavy (non-hydrogen) atoms. The maximum atomic E-state index is 6.44. The van der Waals surface area contributed by atoms with Crippen LogP contribution >= 0.6 is 0 Å². The Labute approximate surface area is 140 Å². The molecule has 0 aromatic rings. The number of hydrogen-bond donors (Lipinski definition) is 0. The van der Waals surface area contributed by atoms with Crippen LogP contribution in [0.25, 0.3) is 0 Å². The summed E-state index contributed by atoms with van der Waals surface area (Å²) in [5.74, 6) is 1.78. The lowest BCUT2D eigenvalue weighted by molar-refractivity contribution is 0.102. The normalized spacial score (nSPS) is 28.9. The predicted molar refractivity (Wildman–Crippen MR) is 96.5 cm³/mol. The molecule has 2 aliphatic rings. The standard InChI is InChI=1S/C19H38O2Si/c1-4-14-20-22(21-15-5-2)19(12-7-6-8-13-19)18-11-9-10-17(3)16-18/h17-18,22H,4-16H2,1-3H3. The van der Waals surface area contributed by atoms with E-state index in [1.54, 1.807) is 0 Å². The average Bonchev–Trinajstić information content (AvgIpc) is 2.55. The molecule has 0 N–H and O–H groups in total. The van der Waals surface area contributed by atoms with Gasteiger partial charge in [0.2, 0.25) is 0 Å². The number of hydrogen-bond acceptors (Lipinski definition) is 2. The van der Waals surface area contributed by atoms with E-state index in [0.29, 0.717) is 5.04 Å². The van der Waals surface area contributed by atoms with Gasteiger partial charge < -0.3 is 8.85 Å². The van der Waals surface area contributed by atoms with Crippen LogP contribution in [-0.4, -0.2) is 22.5 Å². The minimum atomic E-state index is -1.59. The second-order valence-electron chi connectivity index (χ2n) is 7.84. The van der Waals surface area contributed by atoms with Crippen LogP contribution < -0.4 is 0 Å². The Balaban J connectivity index is 2.15. The largest absolute Gasteiger partial charge is 0.396 e. The smallest absolute Gasteiger partial charge is 0.328 e. The van der Waals surface area contributed by atoms with Gasteiger partial charge in [0.25, 0.3) is 0 Å². The van der Waals surface area contributed by atoms with Crippen molar-refractivity contribution in [3.8, 4) is 0 Å². The van der Waals surface area contributed by atoms with Crippen LogP contribution in [0, 0.1) is 11.8 Å². The Hall–Kier alpha value is 0.137. The summed E-state index contributed by atoms with van der Waals surface area (Å²) in [5, 5.41) is 0.442. The topological polar surface area (TPSA) is 18.5 Å². The van der Waals surface area contributed by atoms with Crippen LogP contribution in [-0.2, 0) is 8.85 Å². The van der Waals surface area contributed by atoms with Gasteiger partial charge in [-0.1, -0.05) is 59.3 Å². The lowest BCUT2D eigenvalue weighted by atomic mass is 9.70. The van der Waals surface area contributed by atoms with Gasteiger partial charge in [0, 0.05) is 18.3 Å². The fourth-order valence-electron chi connectivity index (χ4n) is 4.83. The Bertz CT molecular complexity index is 294. The fourth-order valence-corrected chi connectivity index (χ4v) is 8.06. The van der Waals surface area contributed by atoms with Crippen molar-refractivity contribution in [2.75, 3.05) is 13.2 Å². The molecule has 0 aromatic carbocycles. The van der Waals surface area contributed by atoms with Crippen molar-refractivity contribution >= 4 is 9.28 Å². The molecule has 0 radical (unpaired) electrons. The molecular weight excluding hydrogens is 288 g/mol. The highest BCUT2D eigenvalue weighted by atomic mass is 28.3. The first-order valence-electron chi connectivity index (χ1n) is 9.96. The van der Waals surface area contributed by atoms with E-state index in [1.165, 1.54) is 57.8 Å². The van der Waals surface area contributed by atoms with Gasteiger partial charge in [-0.2, -0.15) is 0 Å². The molecule has 0 heterocycles. The van der Waals surface area contributed by atoms with Crippen molar-refractivity contribution < 1.29 is 8.85 Å².